The molecule has 0 bridgehead atoms. The van der Waals surface area contributed by atoms with E-state index in [4.69, 9.17) is 4.74 Å². The number of carbonyl (C=O) groups is 1. The molecule has 3 nitrogen and oxygen atoms in total. The van der Waals surface area contributed by atoms with Crippen LogP contribution in [0.4, 0.5) is 0 Å². The maximum Gasteiger partial charge on any atom is 0.163 e. The molecular formula is C30H40ClNO2. The van der Waals surface area contributed by atoms with Gasteiger partial charge in [-0.15, -0.1) is 12.4 Å². The summed E-state index contributed by atoms with van der Waals surface area (Å²) < 4.78 is 5.74. The lowest BCUT2D eigenvalue weighted by atomic mass is 9.63. The van der Waals surface area contributed by atoms with Crippen LogP contribution < -0.4 is 4.74 Å². The highest BCUT2D eigenvalue weighted by Crippen LogP contribution is 2.47. The maximum atomic E-state index is 12.7. The molecule has 2 aliphatic rings. The third kappa shape index (κ3) is 5.75. The van der Waals surface area contributed by atoms with Crippen LogP contribution in [0.2, 0.25) is 0 Å². The summed E-state index contributed by atoms with van der Waals surface area (Å²) in [6, 6.07) is 15.3. The van der Waals surface area contributed by atoms with Gasteiger partial charge in [0.05, 0.1) is 6.61 Å². The zero-order chi connectivity index (χ0) is 23.3. The van der Waals surface area contributed by atoms with E-state index >= 15 is 0 Å². The summed E-state index contributed by atoms with van der Waals surface area (Å²) in [4.78, 5) is 15.3. The molecular weight excluding hydrogens is 442 g/mol. The SMILES string of the molecule is CCOc1ccc2c(c1)C=CCC21CCC(N(CC)CCCC(=O)c2ccccc2C)CC1.Cl. The fourth-order valence-corrected chi connectivity index (χ4v) is 6.00. The molecule has 1 saturated carbocycles. The third-order valence-corrected chi connectivity index (χ3v) is 7.84. The molecule has 4 rings (SSSR count). The van der Waals surface area contributed by atoms with Crippen molar-refractivity contribution in [3.8, 4) is 5.75 Å². The van der Waals surface area contributed by atoms with Crippen molar-refractivity contribution >= 4 is 24.3 Å². The second kappa shape index (κ2) is 12.0. The molecule has 0 heterocycles. The fraction of sp³-hybridized carbons (Fsp3) is 0.500. The third-order valence-electron chi connectivity index (χ3n) is 7.84. The van der Waals surface area contributed by atoms with Gasteiger partial charge >= 0.3 is 0 Å². The van der Waals surface area contributed by atoms with E-state index in [1.807, 2.05) is 38.1 Å². The molecule has 0 atom stereocenters. The van der Waals surface area contributed by atoms with Crippen LogP contribution in [-0.2, 0) is 5.41 Å². The van der Waals surface area contributed by atoms with Gasteiger partial charge in [-0.1, -0.05) is 49.4 Å². The van der Waals surface area contributed by atoms with E-state index in [9.17, 15) is 4.79 Å². The highest BCUT2D eigenvalue weighted by molar-refractivity contribution is 5.97. The highest BCUT2D eigenvalue weighted by Gasteiger charge is 2.39. The van der Waals surface area contributed by atoms with Crippen LogP contribution in [0.5, 0.6) is 5.75 Å². The molecule has 0 aromatic heterocycles. The minimum absolute atomic E-state index is 0. The minimum atomic E-state index is 0. The number of Topliss-reactive ketones (excluding diaryl/α,β-unsaturated/α-hetero) is 1. The first-order valence-corrected chi connectivity index (χ1v) is 12.8. The molecule has 0 radical (unpaired) electrons. The van der Waals surface area contributed by atoms with Crippen molar-refractivity contribution in [2.45, 2.75) is 77.2 Å². The molecule has 0 saturated heterocycles. The molecule has 0 aliphatic heterocycles. The minimum Gasteiger partial charge on any atom is -0.494 e. The van der Waals surface area contributed by atoms with Gasteiger partial charge in [0.1, 0.15) is 5.75 Å². The van der Waals surface area contributed by atoms with Crippen LogP contribution in [0.15, 0.2) is 48.5 Å². The van der Waals surface area contributed by atoms with Crippen LogP contribution in [0.3, 0.4) is 0 Å². The number of rotatable bonds is 9. The van der Waals surface area contributed by atoms with Gasteiger partial charge in [0, 0.05) is 18.0 Å². The molecule has 2 aliphatic carbocycles. The predicted octanol–water partition coefficient (Wildman–Crippen LogP) is 7.40. The van der Waals surface area contributed by atoms with Gasteiger partial charge in [0.25, 0.3) is 0 Å². The Labute approximate surface area is 212 Å². The molecule has 34 heavy (non-hydrogen) atoms. The Kier molecular flexibility index (Phi) is 9.39. The molecule has 0 amide bonds. The van der Waals surface area contributed by atoms with Gasteiger partial charge in [-0.25, -0.2) is 0 Å². The van der Waals surface area contributed by atoms with Crippen molar-refractivity contribution in [2.24, 2.45) is 0 Å². The largest absolute Gasteiger partial charge is 0.494 e. The monoisotopic (exact) mass is 481 g/mol. The first kappa shape index (κ1) is 26.5. The van der Waals surface area contributed by atoms with Gasteiger partial charge in [0.15, 0.2) is 5.78 Å². The Bertz CT molecular complexity index is 991. The number of fused-ring (bicyclic) bond motifs is 2. The van der Waals surface area contributed by atoms with E-state index in [2.05, 4.69) is 42.2 Å². The van der Waals surface area contributed by atoms with E-state index in [1.165, 1.54) is 36.8 Å². The first-order valence-electron chi connectivity index (χ1n) is 12.8. The summed E-state index contributed by atoms with van der Waals surface area (Å²) in [6.07, 6.45) is 12.3. The van der Waals surface area contributed by atoms with E-state index in [0.717, 1.165) is 42.8 Å². The number of carbonyl (C=O) groups excluding carboxylic acids is 1. The molecule has 0 N–H and O–H groups in total. The van der Waals surface area contributed by atoms with Crippen molar-refractivity contribution in [1.29, 1.82) is 0 Å². The second-order valence-electron chi connectivity index (χ2n) is 9.77. The summed E-state index contributed by atoms with van der Waals surface area (Å²) in [5.41, 5.74) is 5.11. The number of ether oxygens (including phenoxy) is 1. The molecule has 2 aromatic rings. The van der Waals surface area contributed by atoms with Crippen LogP contribution >= 0.6 is 12.4 Å². The molecule has 1 spiro atoms. The summed E-state index contributed by atoms with van der Waals surface area (Å²) >= 11 is 0. The smallest absolute Gasteiger partial charge is 0.163 e. The number of allylic oxidation sites excluding steroid dienone is 1. The topological polar surface area (TPSA) is 29.5 Å². The zero-order valence-corrected chi connectivity index (χ0v) is 21.8. The van der Waals surface area contributed by atoms with Gasteiger partial charge < -0.3 is 9.64 Å². The number of halogens is 1. The summed E-state index contributed by atoms with van der Waals surface area (Å²) in [5.74, 6) is 1.26. The van der Waals surface area contributed by atoms with Gasteiger partial charge in [-0.05, 0) is 99.7 Å². The number of nitrogens with zero attached hydrogens (tertiary/aromatic N) is 1. The Morgan fingerprint density at radius 3 is 2.59 bits per heavy atom. The molecule has 2 aromatic carbocycles. The van der Waals surface area contributed by atoms with Crippen LogP contribution in [0.1, 0.15) is 85.8 Å². The Morgan fingerprint density at radius 2 is 1.88 bits per heavy atom. The molecule has 0 unspecified atom stereocenters. The van der Waals surface area contributed by atoms with Gasteiger partial charge in [-0.2, -0.15) is 0 Å². The van der Waals surface area contributed by atoms with Crippen LogP contribution in [0.25, 0.3) is 6.08 Å². The average Bonchev–Trinajstić information content (AvgIpc) is 2.83. The van der Waals surface area contributed by atoms with Crippen LogP contribution in [-0.4, -0.2) is 36.4 Å². The van der Waals surface area contributed by atoms with Crippen molar-refractivity contribution in [1.82, 2.24) is 4.90 Å². The highest BCUT2D eigenvalue weighted by atomic mass is 35.5. The quantitative estimate of drug-likeness (QED) is 0.349. The lowest BCUT2D eigenvalue weighted by Crippen LogP contribution is -2.43. The van der Waals surface area contributed by atoms with E-state index in [0.29, 0.717) is 19.1 Å². The Morgan fingerprint density at radius 1 is 1.12 bits per heavy atom. The normalized spacial score (nSPS) is 21.2. The second-order valence-corrected chi connectivity index (χ2v) is 9.77. The maximum absolute atomic E-state index is 12.7. The Hall–Kier alpha value is -2.10. The summed E-state index contributed by atoms with van der Waals surface area (Å²) in [7, 11) is 0. The number of benzene rings is 2. The average molecular weight is 482 g/mol. The van der Waals surface area contributed by atoms with Crippen LogP contribution in [0, 0.1) is 6.92 Å². The van der Waals surface area contributed by atoms with E-state index in [-0.39, 0.29) is 23.6 Å². The predicted molar refractivity (Wildman–Crippen MR) is 144 cm³/mol. The lowest BCUT2D eigenvalue weighted by Gasteiger charge is -2.45. The van der Waals surface area contributed by atoms with Gasteiger partial charge in [-0.3, -0.25) is 4.79 Å². The first-order chi connectivity index (χ1) is 16.1. The lowest BCUT2D eigenvalue weighted by molar-refractivity contribution is 0.0955. The van der Waals surface area contributed by atoms with Crippen molar-refractivity contribution < 1.29 is 9.53 Å². The number of aryl methyl sites for hydroxylation is 1. The zero-order valence-electron chi connectivity index (χ0n) is 21.0. The molecule has 184 valence electrons. The van der Waals surface area contributed by atoms with E-state index < -0.39 is 0 Å². The standard InChI is InChI=1S/C30H39NO2.ClH/c1-4-31(21-9-13-29(32)27-12-7-6-10-23(27)3)25-16-19-30(20-17-25)18-8-11-24-22-26(33-5-2)14-15-28(24)30;/h6-8,10-12,14-15,22,25H,4-5,9,13,16-21H2,1-3H3;1H. The van der Waals surface area contributed by atoms with Crippen molar-refractivity contribution in [3.05, 3.63) is 70.8 Å². The number of ketones is 1. The van der Waals surface area contributed by atoms with Crippen molar-refractivity contribution in [3.63, 3.8) is 0 Å². The summed E-state index contributed by atoms with van der Waals surface area (Å²) in [5, 5.41) is 0. The molecule has 1 fully saturated rings. The molecule has 4 heteroatoms. The Balaban J connectivity index is 0.00000324. The fourth-order valence-electron chi connectivity index (χ4n) is 6.00. The van der Waals surface area contributed by atoms with E-state index in [1.54, 1.807) is 0 Å². The summed E-state index contributed by atoms with van der Waals surface area (Å²) in [6.45, 7) is 9.11. The van der Waals surface area contributed by atoms with Crippen molar-refractivity contribution in [2.75, 3.05) is 19.7 Å². The van der Waals surface area contributed by atoms with Gasteiger partial charge in [0.2, 0.25) is 0 Å². The number of hydrogen-bond donors (Lipinski definition) is 0. The number of hydrogen-bond acceptors (Lipinski definition) is 3.